The number of rotatable bonds is 4. The second-order valence-electron chi connectivity index (χ2n) is 5.58. The number of carbonyl (C=O) groups is 2. The van der Waals surface area contributed by atoms with E-state index in [0.29, 0.717) is 37.0 Å². The van der Waals surface area contributed by atoms with E-state index in [1.807, 2.05) is 4.90 Å². The van der Waals surface area contributed by atoms with E-state index < -0.39 is 0 Å². The van der Waals surface area contributed by atoms with Gasteiger partial charge in [0.2, 0.25) is 5.91 Å². The lowest BCUT2D eigenvalue weighted by Crippen LogP contribution is -2.50. The molecule has 7 nitrogen and oxygen atoms in total. The van der Waals surface area contributed by atoms with Gasteiger partial charge in [0, 0.05) is 32.4 Å². The van der Waals surface area contributed by atoms with Crippen molar-refractivity contribution in [3.05, 3.63) is 46.5 Å². The summed E-state index contributed by atoms with van der Waals surface area (Å²) in [7, 11) is 0. The monoisotopic (exact) mass is 382 g/mol. The normalized spacial score (nSPS) is 15.2. The molecular formula is C16H16Cl2N4O3. The van der Waals surface area contributed by atoms with Crippen LogP contribution in [0.15, 0.2) is 35.1 Å². The first kappa shape index (κ1) is 17.7. The van der Waals surface area contributed by atoms with Crippen LogP contribution in [-0.4, -0.2) is 59.3 Å². The Morgan fingerprint density at radius 1 is 1.24 bits per heavy atom. The third kappa shape index (κ3) is 4.50. The summed E-state index contributed by atoms with van der Waals surface area (Å²) < 4.78 is 5.13. The van der Waals surface area contributed by atoms with E-state index in [-0.39, 0.29) is 29.2 Å². The van der Waals surface area contributed by atoms with Gasteiger partial charge < -0.3 is 14.6 Å². The first-order valence-electron chi connectivity index (χ1n) is 7.69. The molecule has 2 aromatic heterocycles. The summed E-state index contributed by atoms with van der Waals surface area (Å²) >= 11 is 11.8. The van der Waals surface area contributed by atoms with E-state index in [0.717, 1.165) is 0 Å². The number of amides is 2. The molecule has 0 spiro atoms. The second kappa shape index (κ2) is 7.86. The summed E-state index contributed by atoms with van der Waals surface area (Å²) in [5.41, 5.74) is 0. The molecule has 1 aliphatic rings. The van der Waals surface area contributed by atoms with E-state index in [9.17, 15) is 9.59 Å². The Hall–Kier alpha value is -2.09. The smallest absolute Gasteiger partial charge is 0.289 e. The molecule has 0 aliphatic carbocycles. The average Bonchev–Trinajstić information content (AvgIpc) is 3.12. The maximum atomic E-state index is 12.2. The van der Waals surface area contributed by atoms with Gasteiger partial charge in [-0.15, -0.1) is 0 Å². The van der Waals surface area contributed by atoms with Crippen molar-refractivity contribution in [1.29, 1.82) is 0 Å². The summed E-state index contributed by atoms with van der Waals surface area (Å²) in [6, 6.07) is 4.85. The first-order valence-corrected chi connectivity index (χ1v) is 8.44. The standard InChI is InChI=1S/C16H16Cl2N4O3/c17-11-8-12(18)15(19-9-11)20-14(23)10-21-3-5-22(6-4-21)16(24)13-2-1-7-25-13/h1-2,7-9H,3-6,10H2,(H,19,20,23). The van der Waals surface area contributed by atoms with Crippen molar-refractivity contribution < 1.29 is 14.0 Å². The number of halogens is 2. The number of anilines is 1. The van der Waals surface area contributed by atoms with Gasteiger partial charge in [-0.3, -0.25) is 14.5 Å². The third-order valence-electron chi connectivity index (χ3n) is 3.82. The van der Waals surface area contributed by atoms with Gasteiger partial charge in [0.05, 0.1) is 22.9 Å². The third-order valence-corrected chi connectivity index (χ3v) is 4.32. The summed E-state index contributed by atoms with van der Waals surface area (Å²) in [5, 5.41) is 3.35. The van der Waals surface area contributed by atoms with Gasteiger partial charge in [0.1, 0.15) is 0 Å². The molecule has 0 radical (unpaired) electrons. The highest BCUT2D eigenvalue weighted by atomic mass is 35.5. The van der Waals surface area contributed by atoms with Crippen LogP contribution in [0.1, 0.15) is 10.6 Å². The number of furan rings is 1. The lowest BCUT2D eigenvalue weighted by atomic mass is 10.3. The molecule has 1 saturated heterocycles. The zero-order chi connectivity index (χ0) is 17.8. The molecule has 25 heavy (non-hydrogen) atoms. The number of nitrogens with zero attached hydrogens (tertiary/aromatic N) is 3. The Morgan fingerprint density at radius 2 is 2.00 bits per heavy atom. The zero-order valence-corrected chi connectivity index (χ0v) is 14.8. The molecule has 1 fully saturated rings. The topological polar surface area (TPSA) is 78.7 Å². The van der Waals surface area contributed by atoms with E-state index in [4.69, 9.17) is 27.6 Å². The highest BCUT2D eigenvalue weighted by Gasteiger charge is 2.24. The molecule has 132 valence electrons. The van der Waals surface area contributed by atoms with Crippen LogP contribution in [0.5, 0.6) is 0 Å². The van der Waals surface area contributed by atoms with Crippen molar-refractivity contribution in [2.24, 2.45) is 0 Å². The SMILES string of the molecule is O=C(CN1CCN(C(=O)c2ccco2)CC1)Nc1ncc(Cl)cc1Cl. The Balaban J connectivity index is 1.48. The van der Waals surface area contributed by atoms with Crippen molar-refractivity contribution in [3.63, 3.8) is 0 Å². The van der Waals surface area contributed by atoms with Crippen LogP contribution in [-0.2, 0) is 4.79 Å². The maximum Gasteiger partial charge on any atom is 0.289 e. The Morgan fingerprint density at radius 3 is 2.64 bits per heavy atom. The van der Waals surface area contributed by atoms with E-state index in [1.54, 1.807) is 17.0 Å². The number of aromatic nitrogens is 1. The predicted molar refractivity (Wildman–Crippen MR) is 93.9 cm³/mol. The van der Waals surface area contributed by atoms with Crippen LogP contribution in [0.3, 0.4) is 0 Å². The molecule has 3 rings (SSSR count). The Labute approximate surface area is 154 Å². The zero-order valence-electron chi connectivity index (χ0n) is 13.2. The number of hydrogen-bond acceptors (Lipinski definition) is 5. The molecular weight excluding hydrogens is 367 g/mol. The molecule has 1 N–H and O–H groups in total. The minimum Gasteiger partial charge on any atom is -0.459 e. The van der Waals surface area contributed by atoms with E-state index >= 15 is 0 Å². The number of carbonyl (C=O) groups excluding carboxylic acids is 2. The predicted octanol–water partition coefficient (Wildman–Crippen LogP) is 2.38. The van der Waals surface area contributed by atoms with Crippen LogP contribution < -0.4 is 5.32 Å². The van der Waals surface area contributed by atoms with Crippen molar-refractivity contribution in [2.45, 2.75) is 0 Å². The van der Waals surface area contributed by atoms with Gasteiger partial charge in [0.25, 0.3) is 5.91 Å². The summed E-state index contributed by atoms with van der Waals surface area (Å²) in [6.45, 7) is 2.46. The largest absolute Gasteiger partial charge is 0.459 e. The van der Waals surface area contributed by atoms with E-state index in [1.165, 1.54) is 18.5 Å². The minimum atomic E-state index is -0.220. The van der Waals surface area contributed by atoms with Crippen LogP contribution in [0, 0.1) is 0 Å². The van der Waals surface area contributed by atoms with Crippen molar-refractivity contribution in [1.82, 2.24) is 14.8 Å². The Bertz CT molecular complexity index is 759. The highest BCUT2D eigenvalue weighted by Crippen LogP contribution is 2.22. The summed E-state index contributed by atoms with van der Waals surface area (Å²) in [6.07, 6.45) is 2.89. The summed E-state index contributed by atoms with van der Waals surface area (Å²) in [4.78, 5) is 32.0. The van der Waals surface area contributed by atoms with Crippen LogP contribution in [0.4, 0.5) is 5.82 Å². The molecule has 2 amide bonds. The summed E-state index contributed by atoms with van der Waals surface area (Å²) in [5.74, 6) is 0.256. The van der Waals surface area contributed by atoms with Crippen molar-refractivity contribution >= 4 is 40.8 Å². The van der Waals surface area contributed by atoms with Gasteiger partial charge in [-0.1, -0.05) is 23.2 Å². The van der Waals surface area contributed by atoms with Crippen LogP contribution in [0.25, 0.3) is 0 Å². The fraction of sp³-hybridized carbons (Fsp3) is 0.312. The molecule has 0 aromatic carbocycles. The van der Waals surface area contributed by atoms with Gasteiger partial charge in [0.15, 0.2) is 11.6 Å². The molecule has 0 bridgehead atoms. The molecule has 9 heteroatoms. The van der Waals surface area contributed by atoms with Gasteiger partial charge in [-0.05, 0) is 18.2 Å². The van der Waals surface area contributed by atoms with Crippen molar-refractivity contribution in [3.8, 4) is 0 Å². The lowest BCUT2D eigenvalue weighted by Gasteiger charge is -2.33. The molecule has 0 atom stereocenters. The Kier molecular flexibility index (Phi) is 5.57. The molecule has 3 heterocycles. The fourth-order valence-electron chi connectivity index (χ4n) is 2.55. The number of hydrogen-bond donors (Lipinski definition) is 1. The highest BCUT2D eigenvalue weighted by molar-refractivity contribution is 6.36. The number of nitrogens with one attached hydrogen (secondary N) is 1. The first-order chi connectivity index (χ1) is 12.0. The molecule has 1 aliphatic heterocycles. The molecule has 0 unspecified atom stereocenters. The quantitative estimate of drug-likeness (QED) is 0.877. The van der Waals surface area contributed by atoms with Crippen LogP contribution >= 0.6 is 23.2 Å². The van der Waals surface area contributed by atoms with Gasteiger partial charge in [-0.2, -0.15) is 0 Å². The average molecular weight is 383 g/mol. The fourth-order valence-corrected chi connectivity index (χ4v) is 2.97. The van der Waals surface area contributed by atoms with Gasteiger partial charge in [-0.25, -0.2) is 4.98 Å². The number of pyridine rings is 1. The molecule has 2 aromatic rings. The van der Waals surface area contributed by atoms with Crippen LogP contribution in [0.2, 0.25) is 10.0 Å². The lowest BCUT2D eigenvalue weighted by molar-refractivity contribution is -0.117. The second-order valence-corrected chi connectivity index (χ2v) is 6.42. The van der Waals surface area contributed by atoms with E-state index in [2.05, 4.69) is 10.3 Å². The molecule has 0 saturated carbocycles. The maximum absolute atomic E-state index is 12.2. The minimum absolute atomic E-state index is 0.133. The van der Waals surface area contributed by atoms with Gasteiger partial charge >= 0.3 is 0 Å². The van der Waals surface area contributed by atoms with Crippen molar-refractivity contribution in [2.75, 3.05) is 38.0 Å². The number of piperazine rings is 1.